The van der Waals surface area contributed by atoms with Crippen molar-refractivity contribution in [2.24, 2.45) is 5.73 Å². The van der Waals surface area contributed by atoms with E-state index in [1.54, 1.807) is 30.5 Å². The minimum atomic E-state index is -3.83. The van der Waals surface area contributed by atoms with Crippen LogP contribution in [0.3, 0.4) is 0 Å². The highest BCUT2D eigenvalue weighted by atomic mass is 35.5. The fourth-order valence-corrected chi connectivity index (χ4v) is 5.78. The van der Waals surface area contributed by atoms with Crippen LogP contribution in [0.4, 0.5) is 10.1 Å². The molecular formula is C24H21ClFN5O3S. The van der Waals surface area contributed by atoms with Crippen LogP contribution in [0.25, 0.3) is 22.9 Å². The molecule has 4 aromatic rings. The van der Waals surface area contributed by atoms with Crippen molar-refractivity contribution in [3.05, 3.63) is 76.8 Å². The van der Waals surface area contributed by atoms with Crippen LogP contribution in [0, 0.1) is 12.7 Å². The molecule has 0 amide bonds. The van der Waals surface area contributed by atoms with E-state index in [1.807, 2.05) is 24.0 Å². The number of nitrogens with zero attached hydrogens (tertiary/aromatic N) is 4. The van der Waals surface area contributed by atoms with Crippen molar-refractivity contribution in [2.75, 3.05) is 17.2 Å². The number of aromatic nitrogens is 3. The van der Waals surface area contributed by atoms with Gasteiger partial charge < -0.3 is 15.1 Å². The monoisotopic (exact) mass is 513 g/mol. The summed E-state index contributed by atoms with van der Waals surface area (Å²) >= 11 is 6.00. The minimum absolute atomic E-state index is 0.00523. The van der Waals surface area contributed by atoms with E-state index in [0.717, 1.165) is 17.3 Å². The molecule has 1 atom stereocenters. The molecule has 0 aliphatic carbocycles. The molecule has 1 aliphatic heterocycles. The zero-order chi connectivity index (χ0) is 24.7. The van der Waals surface area contributed by atoms with Gasteiger partial charge in [0, 0.05) is 36.0 Å². The third-order valence-corrected chi connectivity index (χ3v) is 7.83. The van der Waals surface area contributed by atoms with E-state index in [-0.39, 0.29) is 34.5 Å². The van der Waals surface area contributed by atoms with Gasteiger partial charge in [-0.25, -0.2) is 12.8 Å². The lowest BCUT2D eigenvalue weighted by atomic mass is 10.1. The van der Waals surface area contributed by atoms with Crippen molar-refractivity contribution in [2.45, 2.75) is 24.4 Å². The summed E-state index contributed by atoms with van der Waals surface area (Å²) in [6.45, 7) is 2.45. The van der Waals surface area contributed by atoms with Gasteiger partial charge in [-0.1, -0.05) is 23.7 Å². The summed E-state index contributed by atoms with van der Waals surface area (Å²) in [5.74, 6) is -0.972. The SMILES string of the molecule is Cc1ccc(-c2nnc(-c3cc4c(cc3F)S(=O)(=O)C[C@H](N)CN4Cc3ccc(Cl)cc3)o2)cn1. The van der Waals surface area contributed by atoms with Gasteiger partial charge in [0.05, 0.1) is 27.5 Å². The third-order valence-electron chi connectivity index (χ3n) is 5.71. The number of hydrogen-bond donors (Lipinski definition) is 1. The number of aryl methyl sites for hydroxylation is 1. The number of fused-ring (bicyclic) bond motifs is 1. The van der Waals surface area contributed by atoms with Crippen LogP contribution in [-0.2, 0) is 16.4 Å². The molecule has 0 saturated carbocycles. The Morgan fingerprint density at radius 3 is 2.60 bits per heavy atom. The Labute approximate surface area is 206 Å². The maximum Gasteiger partial charge on any atom is 0.251 e. The smallest absolute Gasteiger partial charge is 0.251 e. The first kappa shape index (κ1) is 23.4. The third kappa shape index (κ3) is 4.77. The van der Waals surface area contributed by atoms with E-state index in [2.05, 4.69) is 15.2 Å². The van der Waals surface area contributed by atoms with E-state index >= 15 is 4.39 Å². The fourth-order valence-electron chi connectivity index (χ4n) is 4.01. The number of anilines is 1. The van der Waals surface area contributed by atoms with Gasteiger partial charge in [0.2, 0.25) is 5.89 Å². The fraction of sp³-hybridized carbons (Fsp3) is 0.208. The number of benzene rings is 2. The number of halogens is 2. The molecule has 35 heavy (non-hydrogen) atoms. The molecule has 0 fully saturated rings. The molecule has 11 heteroatoms. The van der Waals surface area contributed by atoms with E-state index in [9.17, 15) is 8.42 Å². The minimum Gasteiger partial charge on any atom is -0.416 e. The molecule has 0 spiro atoms. The average molecular weight is 514 g/mol. The Bertz CT molecular complexity index is 1490. The first-order chi connectivity index (χ1) is 16.7. The summed E-state index contributed by atoms with van der Waals surface area (Å²) in [6, 6.07) is 12.5. The number of nitrogens with two attached hydrogens (primary N) is 1. The molecular weight excluding hydrogens is 493 g/mol. The van der Waals surface area contributed by atoms with Crippen molar-refractivity contribution in [1.82, 2.24) is 15.2 Å². The van der Waals surface area contributed by atoms with Crippen molar-refractivity contribution in [1.29, 1.82) is 0 Å². The summed E-state index contributed by atoms with van der Waals surface area (Å²) in [6.07, 6.45) is 1.59. The van der Waals surface area contributed by atoms with Gasteiger partial charge in [0.15, 0.2) is 9.84 Å². The summed E-state index contributed by atoms with van der Waals surface area (Å²) in [5.41, 5.74) is 8.76. The molecule has 2 aromatic heterocycles. The van der Waals surface area contributed by atoms with E-state index in [4.69, 9.17) is 21.8 Å². The molecule has 2 aromatic carbocycles. The summed E-state index contributed by atoms with van der Waals surface area (Å²) < 4.78 is 47.0. The van der Waals surface area contributed by atoms with Crippen molar-refractivity contribution in [3.8, 4) is 22.9 Å². The highest BCUT2D eigenvalue weighted by Crippen LogP contribution is 2.37. The molecule has 0 bridgehead atoms. The Balaban J connectivity index is 1.59. The van der Waals surface area contributed by atoms with E-state index in [0.29, 0.717) is 22.8 Å². The maximum absolute atomic E-state index is 15.2. The predicted molar refractivity (Wildman–Crippen MR) is 130 cm³/mol. The summed E-state index contributed by atoms with van der Waals surface area (Å²) in [7, 11) is -3.83. The molecule has 180 valence electrons. The van der Waals surface area contributed by atoms with Gasteiger partial charge in [0.25, 0.3) is 5.89 Å². The number of rotatable bonds is 4. The van der Waals surface area contributed by atoms with Crippen molar-refractivity contribution < 1.29 is 17.2 Å². The predicted octanol–water partition coefficient (Wildman–Crippen LogP) is 4.02. The molecule has 2 N–H and O–H groups in total. The molecule has 3 heterocycles. The normalized spacial score (nSPS) is 17.1. The quantitative estimate of drug-likeness (QED) is 0.435. The van der Waals surface area contributed by atoms with E-state index < -0.39 is 21.7 Å². The van der Waals surface area contributed by atoms with Crippen LogP contribution < -0.4 is 10.6 Å². The van der Waals surface area contributed by atoms with Gasteiger partial charge in [-0.3, -0.25) is 4.98 Å². The molecule has 0 radical (unpaired) electrons. The lowest BCUT2D eigenvalue weighted by molar-refractivity contribution is 0.567. The topological polar surface area (TPSA) is 115 Å². The van der Waals surface area contributed by atoms with E-state index in [1.165, 1.54) is 6.07 Å². The molecule has 8 nitrogen and oxygen atoms in total. The second kappa shape index (κ2) is 9.03. The standard InChI is InChI=1S/C24H21ClFN5O3S/c1-14-2-5-16(10-28-14)23-29-30-24(34-23)19-8-21-22(9-20(19)26)35(32,33)13-18(27)12-31(21)11-15-3-6-17(25)7-4-15/h2-10,18H,11-13,27H2,1H3/t18-/m1/s1. The van der Waals surface area contributed by atoms with Crippen LogP contribution in [0.1, 0.15) is 11.3 Å². The van der Waals surface area contributed by atoms with Crippen molar-refractivity contribution >= 4 is 27.1 Å². The number of pyridine rings is 1. The Morgan fingerprint density at radius 1 is 1.14 bits per heavy atom. The highest BCUT2D eigenvalue weighted by Gasteiger charge is 2.32. The Kier molecular flexibility index (Phi) is 6.04. The maximum atomic E-state index is 15.2. The van der Waals surface area contributed by atoms with Crippen LogP contribution in [0.15, 0.2) is 64.0 Å². The van der Waals surface area contributed by atoms with Crippen LogP contribution >= 0.6 is 11.6 Å². The van der Waals surface area contributed by atoms with Crippen LogP contribution in [0.2, 0.25) is 5.02 Å². The molecule has 0 saturated heterocycles. The summed E-state index contributed by atoms with van der Waals surface area (Å²) in [4.78, 5) is 5.90. The molecule has 0 unspecified atom stereocenters. The number of sulfone groups is 1. The first-order valence-corrected chi connectivity index (χ1v) is 12.8. The lowest BCUT2D eigenvalue weighted by Crippen LogP contribution is -2.39. The van der Waals surface area contributed by atoms with Gasteiger partial charge in [-0.15, -0.1) is 10.2 Å². The van der Waals surface area contributed by atoms with Gasteiger partial charge in [-0.2, -0.15) is 0 Å². The van der Waals surface area contributed by atoms with Crippen LogP contribution in [-0.4, -0.2) is 41.9 Å². The van der Waals surface area contributed by atoms with Gasteiger partial charge >= 0.3 is 0 Å². The Hall–Kier alpha value is -3.34. The zero-order valence-corrected chi connectivity index (χ0v) is 20.2. The van der Waals surface area contributed by atoms with Gasteiger partial charge in [0.1, 0.15) is 5.82 Å². The average Bonchev–Trinajstić information content (AvgIpc) is 3.27. The van der Waals surface area contributed by atoms with Gasteiger partial charge in [-0.05, 0) is 48.9 Å². The Morgan fingerprint density at radius 2 is 1.89 bits per heavy atom. The molecule has 1 aliphatic rings. The second-order valence-corrected chi connectivity index (χ2v) is 10.9. The van der Waals surface area contributed by atoms with Crippen LogP contribution in [0.5, 0.6) is 0 Å². The second-order valence-electron chi connectivity index (χ2n) is 8.45. The highest BCUT2D eigenvalue weighted by molar-refractivity contribution is 7.91. The number of hydrogen-bond acceptors (Lipinski definition) is 8. The van der Waals surface area contributed by atoms with Crippen molar-refractivity contribution in [3.63, 3.8) is 0 Å². The lowest BCUT2D eigenvalue weighted by Gasteiger charge is -2.26. The zero-order valence-electron chi connectivity index (χ0n) is 18.6. The molecule has 5 rings (SSSR count). The first-order valence-electron chi connectivity index (χ1n) is 10.8. The largest absolute Gasteiger partial charge is 0.416 e. The summed E-state index contributed by atoms with van der Waals surface area (Å²) in [5, 5.41) is 8.60.